The third-order valence-electron chi connectivity index (χ3n) is 3.10. The predicted octanol–water partition coefficient (Wildman–Crippen LogP) is 4.10. The van der Waals surface area contributed by atoms with Crippen molar-refractivity contribution in [2.24, 2.45) is 0 Å². The molecule has 0 spiro atoms. The van der Waals surface area contributed by atoms with Crippen molar-refractivity contribution in [1.29, 1.82) is 5.26 Å². The zero-order valence-corrected chi connectivity index (χ0v) is 10.2. The molecule has 1 unspecified atom stereocenters. The molecule has 0 saturated carbocycles. The van der Waals surface area contributed by atoms with Crippen LogP contribution in [0.2, 0.25) is 0 Å². The van der Waals surface area contributed by atoms with E-state index in [0.717, 1.165) is 31.4 Å². The Balaban J connectivity index is 2.22. The molecule has 5 heteroatoms. The van der Waals surface area contributed by atoms with Gasteiger partial charge in [0.2, 0.25) is 0 Å². The van der Waals surface area contributed by atoms with Crippen LogP contribution in [-0.4, -0.2) is 6.04 Å². The fourth-order valence-corrected chi connectivity index (χ4v) is 2.08. The van der Waals surface area contributed by atoms with E-state index in [1.54, 1.807) is 0 Å². The van der Waals surface area contributed by atoms with Crippen LogP contribution < -0.4 is 5.32 Å². The maximum absolute atomic E-state index is 12.6. The quantitative estimate of drug-likeness (QED) is 0.818. The Kier molecular flexibility index (Phi) is 3.79. The smallest absolute Gasteiger partial charge is 0.381 e. The first-order valence-electron chi connectivity index (χ1n) is 6.03. The van der Waals surface area contributed by atoms with Crippen molar-refractivity contribution in [3.05, 3.63) is 41.5 Å². The van der Waals surface area contributed by atoms with Gasteiger partial charge < -0.3 is 5.32 Å². The van der Waals surface area contributed by atoms with Crippen molar-refractivity contribution in [3.8, 4) is 6.07 Å². The van der Waals surface area contributed by atoms with Gasteiger partial charge in [0.05, 0.1) is 16.8 Å². The standard InChI is InChI=1S/C14H13F3N2/c15-14(16,17)11-6-7-13(10(8-11)9-18)19-12-4-2-1-3-5-12/h1-2,6-8,12,19H,3-5H2. The van der Waals surface area contributed by atoms with Gasteiger partial charge in [-0.25, -0.2) is 0 Å². The third-order valence-corrected chi connectivity index (χ3v) is 3.10. The molecule has 1 aliphatic rings. The molecule has 1 atom stereocenters. The Morgan fingerprint density at radius 3 is 2.63 bits per heavy atom. The average molecular weight is 266 g/mol. The van der Waals surface area contributed by atoms with Gasteiger partial charge >= 0.3 is 6.18 Å². The van der Waals surface area contributed by atoms with E-state index in [9.17, 15) is 13.2 Å². The Morgan fingerprint density at radius 1 is 1.26 bits per heavy atom. The lowest BCUT2D eigenvalue weighted by molar-refractivity contribution is -0.137. The van der Waals surface area contributed by atoms with E-state index in [4.69, 9.17) is 5.26 Å². The van der Waals surface area contributed by atoms with Crippen molar-refractivity contribution in [2.45, 2.75) is 31.5 Å². The number of nitrogens with one attached hydrogen (secondary N) is 1. The average Bonchev–Trinajstić information content (AvgIpc) is 2.39. The molecule has 1 aliphatic carbocycles. The van der Waals surface area contributed by atoms with Crippen LogP contribution in [0.3, 0.4) is 0 Å². The molecule has 0 aliphatic heterocycles. The molecule has 100 valence electrons. The number of hydrogen-bond donors (Lipinski definition) is 1. The molecule has 1 aromatic carbocycles. The number of halogens is 3. The summed E-state index contributed by atoms with van der Waals surface area (Å²) in [5, 5.41) is 12.1. The first-order chi connectivity index (χ1) is 9.00. The summed E-state index contributed by atoms with van der Waals surface area (Å²) in [5.74, 6) is 0. The number of hydrogen-bond acceptors (Lipinski definition) is 2. The second kappa shape index (κ2) is 5.35. The fourth-order valence-electron chi connectivity index (χ4n) is 2.08. The second-order valence-corrected chi connectivity index (χ2v) is 4.50. The zero-order chi connectivity index (χ0) is 13.9. The highest BCUT2D eigenvalue weighted by molar-refractivity contribution is 5.59. The van der Waals surface area contributed by atoms with Crippen LogP contribution in [0.15, 0.2) is 30.4 Å². The highest BCUT2D eigenvalue weighted by atomic mass is 19.4. The highest BCUT2D eigenvalue weighted by Crippen LogP contribution is 2.32. The van der Waals surface area contributed by atoms with Gasteiger partial charge in [-0.2, -0.15) is 18.4 Å². The molecule has 0 fully saturated rings. The van der Waals surface area contributed by atoms with E-state index < -0.39 is 11.7 Å². The Hall–Kier alpha value is -1.96. The molecular weight excluding hydrogens is 253 g/mol. The molecular formula is C14H13F3N2. The van der Waals surface area contributed by atoms with Crippen LogP contribution >= 0.6 is 0 Å². The monoisotopic (exact) mass is 266 g/mol. The van der Waals surface area contributed by atoms with E-state index >= 15 is 0 Å². The minimum atomic E-state index is -4.42. The Bertz CT molecular complexity index is 526. The van der Waals surface area contributed by atoms with E-state index in [0.29, 0.717) is 5.69 Å². The number of anilines is 1. The van der Waals surface area contributed by atoms with Gasteiger partial charge in [0.1, 0.15) is 6.07 Å². The van der Waals surface area contributed by atoms with Crippen molar-refractivity contribution in [2.75, 3.05) is 5.32 Å². The van der Waals surface area contributed by atoms with Crippen LogP contribution in [0.4, 0.5) is 18.9 Å². The summed E-state index contributed by atoms with van der Waals surface area (Å²) in [5.41, 5.74) is -0.293. The highest BCUT2D eigenvalue weighted by Gasteiger charge is 2.31. The molecule has 0 amide bonds. The van der Waals surface area contributed by atoms with Gasteiger partial charge in [-0.3, -0.25) is 0 Å². The lowest BCUT2D eigenvalue weighted by Crippen LogP contribution is -2.21. The maximum atomic E-state index is 12.6. The second-order valence-electron chi connectivity index (χ2n) is 4.50. The third kappa shape index (κ3) is 3.28. The topological polar surface area (TPSA) is 35.8 Å². The summed E-state index contributed by atoms with van der Waals surface area (Å²) in [6, 6.07) is 5.22. The summed E-state index contributed by atoms with van der Waals surface area (Å²) in [4.78, 5) is 0. The molecule has 2 nitrogen and oxygen atoms in total. The van der Waals surface area contributed by atoms with Crippen LogP contribution in [0.25, 0.3) is 0 Å². The van der Waals surface area contributed by atoms with Crippen LogP contribution in [0.1, 0.15) is 30.4 Å². The molecule has 0 radical (unpaired) electrons. The molecule has 0 saturated heterocycles. The van der Waals surface area contributed by atoms with Gasteiger partial charge in [-0.15, -0.1) is 0 Å². The van der Waals surface area contributed by atoms with Crippen LogP contribution in [0, 0.1) is 11.3 Å². The van der Waals surface area contributed by atoms with Gasteiger partial charge in [-0.1, -0.05) is 12.2 Å². The summed E-state index contributed by atoms with van der Waals surface area (Å²) in [6.07, 6.45) is 2.39. The van der Waals surface area contributed by atoms with Crippen LogP contribution in [0.5, 0.6) is 0 Å². The largest absolute Gasteiger partial charge is 0.416 e. The molecule has 0 bridgehead atoms. The number of nitriles is 1. The number of nitrogens with zero attached hydrogens (tertiary/aromatic N) is 1. The van der Waals surface area contributed by atoms with Crippen molar-refractivity contribution >= 4 is 5.69 Å². The minimum Gasteiger partial charge on any atom is -0.381 e. The van der Waals surface area contributed by atoms with Gasteiger partial charge in [0, 0.05) is 6.04 Å². The Morgan fingerprint density at radius 2 is 2.05 bits per heavy atom. The number of allylic oxidation sites excluding steroid dienone is 1. The first-order valence-corrected chi connectivity index (χ1v) is 6.03. The number of rotatable bonds is 2. The SMILES string of the molecule is N#Cc1cc(C(F)(F)F)ccc1NC1CC=CCC1. The molecule has 1 aromatic rings. The summed E-state index contributed by atoms with van der Waals surface area (Å²) >= 11 is 0. The Labute approximate surface area is 109 Å². The molecule has 19 heavy (non-hydrogen) atoms. The number of alkyl halides is 3. The van der Waals surface area contributed by atoms with Gasteiger partial charge in [0.15, 0.2) is 0 Å². The minimum absolute atomic E-state index is 0.0318. The zero-order valence-electron chi connectivity index (χ0n) is 10.2. The molecule has 0 heterocycles. The van der Waals surface area contributed by atoms with E-state index in [2.05, 4.69) is 11.4 Å². The normalized spacial score (nSPS) is 18.9. The van der Waals surface area contributed by atoms with Crippen LogP contribution in [-0.2, 0) is 6.18 Å². The van der Waals surface area contributed by atoms with Crippen molar-refractivity contribution in [1.82, 2.24) is 0 Å². The van der Waals surface area contributed by atoms with E-state index in [-0.39, 0.29) is 11.6 Å². The summed E-state index contributed by atoms with van der Waals surface area (Å²) < 4.78 is 37.7. The summed E-state index contributed by atoms with van der Waals surface area (Å²) in [6.45, 7) is 0. The predicted molar refractivity (Wildman–Crippen MR) is 66.6 cm³/mol. The first kappa shape index (κ1) is 13.5. The van der Waals surface area contributed by atoms with Crippen molar-refractivity contribution in [3.63, 3.8) is 0 Å². The molecule has 0 aromatic heterocycles. The molecule has 1 N–H and O–H groups in total. The van der Waals surface area contributed by atoms with Crippen molar-refractivity contribution < 1.29 is 13.2 Å². The maximum Gasteiger partial charge on any atom is 0.416 e. The lowest BCUT2D eigenvalue weighted by Gasteiger charge is -2.21. The fraction of sp³-hybridized carbons (Fsp3) is 0.357. The van der Waals surface area contributed by atoms with E-state index in [1.165, 1.54) is 6.07 Å². The number of benzene rings is 1. The van der Waals surface area contributed by atoms with Gasteiger partial charge in [-0.05, 0) is 37.5 Å². The molecule has 2 rings (SSSR count). The van der Waals surface area contributed by atoms with E-state index in [1.807, 2.05) is 12.1 Å². The summed E-state index contributed by atoms with van der Waals surface area (Å²) in [7, 11) is 0. The van der Waals surface area contributed by atoms with Gasteiger partial charge in [0.25, 0.3) is 0 Å². The lowest BCUT2D eigenvalue weighted by atomic mass is 10.0.